The van der Waals surface area contributed by atoms with Crippen LogP contribution in [0.4, 0.5) is 0 Å². The molecule has 0 bridgehead atoms. The average Bonchev–Trinajstić information content (AvgIpc) is 2.73. The zero-order valence-corrected chi connectivity index (χ0v) is 9.85. The Labute approximate surface area is 100.0 Å². The average molecular weight is 235 g/mol. The summed E-state index contributed by atoms with van der Waals surface area (Å²) in [6.45, 7) is 2.25. The van der Waals surface area contributed by atoms with E-state index in [1.165, 1.54) is 23.9 Å². The molecule has 0 radical (unpaired) electrons. The van der Waals surface area contributed by atoms with E-state index in [0.29, 0.717) is 5.92 Å². The Bertz CT molecular complexity index is 498. The van der Waals surface area contributed by atoms with Crippen molar-refractivity contribution in [2.24, 2.45) is 0 Å². The molecule has 0 amide bonds. The standard InChI is InChI=1S/C13H15ClN2/c14-11-2-1-10-7-12(16-13(10)8-11)9-3-5-15-6-4-9/h1-2,7-9,15-16H,3-6H2. The minimum Gasteiger partial charge on any atom is -0.358 e. The predicted octanol–water partition coefficient (Wildman–Crippen LogP) is 3.29. The van der Waals surface area contributed by atoms with Crippen molar-refractivity contribution in [1.82, 2.24) is 10.3 Å². The van der Waals surface area contributed by atoms with Crippen LogP contribution in [0.25, 0.3) is 10.9 Å². The van der Waals surface area contributed by atoms with Crippen LogP contribution in [0, 0.1) is 0 Å². The number of aromatic nitrogens is 1. The SMILES string of the molecule is Clc1ccc2cc(C3CCNCC3)[nH]c2c1. The fourth-order valence-electron chi connectivity index (χ4n) is 2.47. The van der Waals surface area contributed by atoms with E-state index in [1.54, 1.807) is 0 Å². The normalized spacial score (nSPS) is 18.1. The Morgan fingerprint density at radius 1 is 1.12 bits per heavy atom. The molecule has 3 heteroatoms. The topological polar surface area (TPSA) is 27.8 Å². The first-order valence-electron chi connectivity index (χ1n) is 5.82. The molecule has 0 saturated carbocycles. The van der Waals surface area contributed by atoms with Crippen molar-refractivity contribution in [2.45, 2.75) is 18.8 Å². The van der Waals surface area contributed by atoms with Crippen molar-refractivity contribution >= 4 is 22.5 Å². The number of hydrogen-bond donors (Lipinski definition) is 2. The van der Waals surface area contributed by atoms with Crippen LogP contribution in [0.15, 0.2) is 24.3 Å². The smallest absolute Gasteiger partial charge is 0.0471 e. The van der Waals surface area contributed by atoms with Crippen molar-refractivity contribution in [2.75, 3.05) is 13.1 Å². The van der Waals surface area contributed by atoms with Gasteiger partial charge in [0.15, 0.2) is 0 Å². The van der Waals surface area contributed by atoms with Gasteiger partial charge in [-0.15, -0.1) is 0 Å². The first-order valence-corrected chi connectivity index (χ1v) is 6.19. The lowest BCUT2D eigenvalue weighted by molar-refractivity contribution is 0.455. The molecule has 16 heavy (non-hydrogen) atoms. The summed E-state index contributed by atoms with van der Waals surface area (Å²) < 4.78 is 0. The zero-order chi connectivity index (χ0) is 11.0. The van der Waals surface area contributed by atoms with Crippen molar-refractivity contribution in [3.63, 3.8) is 0 Å². The number of aromatic amines is 1. The number of nitrogens with one attached hydrogen (secondary N) is 2. The molecule has 1 aliphatic rings. The van der Waals surface area contributed by atoms with Crippen LogP contribution < -0.4 is 5.32 Å². The highest BCUT2D eigenvalue weighted by molar-refractivity contribution is 6.31. The molecule has 2 N–H and O–H groups in total. The van der Waals surface area contributed by atoms with Crippen LogP contribution in [-0.2, 0) is 0 Å². The maximum absolute atomic E-state index is 5.98. The third-order valence-electron chi connectivity index (χ3n) is 3.38. The Balaban J connectivity index is 1.97. The minimum atomic E-state index is 0.674. The molecular formula is C13H15ClN2. The summed E-state index contributed by atoms with van der Waals surface area (Å²) in [5.41, 5.74) is 2.51. The predicted molar refractivity (Wildman–Crippen MR) is 68.2 cm³/mol. The Morgan fingerprint density at radius 3 is 2.75 bits per heavy atom. The summed E-state index contributed by atoms with van der Waals surface area (Å²) in [6, 6.07) is 8.30. The lowest BCUT2D eigenvalue weighted by Crippen LogP contribution is -2.26. The van der Waals surface area contributed by atoms with E-state index >= 15 is 0 Å². The van der Waals surface area contributed by atoms with E-state index in [0.717, 1.165) is 23.6 Å². The van der Waals surface area contributed by atoms with Crippen LogP contribution in [0.3, 0.4) is 0 Å². The summed E-state index contributed by atoms with van der Waals surface area (Å²) in [5.74, 6) is 0.674. The van der Waals surface area contributed by atoms with Crippen LogP contribution >= 0.6 is 11.6 Å². The van der Waals surface area contributed by atoms with Crippen molar-refractivity contribution < 1.29 is 0 Å². The second-order valence-corrected chi connectivity index (χ2v) is 4.92. The second kappa shape index (κ2) is 4.11. The maximum Gasteiger partial charge on any atom is 0.0471 e. The lowest BCUT2D eigenvalue weighted by atomic mass is 9.95. The van der Waals surface area contributed by atoms with Gasteiger partial charge in [-0.3, -0.25) is 0 Å². The highest BCUT2D eigenvalue weighted by Crippen LogP contribution is 2.28. The molecule has 0 atom stereocenters. The molecular weight excluding hydrogens is 220 g/mol. The van der Waals surface area contributed by atoms with Gasteiger partial charge in [0.25, 0.3) is 0 Å². The van der Waals surface area contributed by atoms with Crippen LogP contribution in [0.2, 0.25) is 5.02 Å². The first-order chi connectivity index (χ1) is 7.83. The quantitative estimate of drug-likeness (QED) is 0.779. The summed E-state index contributed by atoms with van der Waals surface area (Å²) in [4.78, 5) is 3.49. The van der Waals surface area contributed by atoms with Gasteiger partial charge in [-0.05, 0) is 49.5 Å². The van der Waals surface area contributed by atoms with Crippen molar-refractivity contribution in [3.05, 3.63) is 35.0 Å². The number of H-pyrrole nitrogens is 1. The fraction of sp³-hybridized carbons (Fsp3) is 0.385. The monoisotopic (exact) mass is 234 g/mol. The molecule has 1 fully saturated rings. The second-order valence-electron chi connectivity index (χ2n) is 4.48. The van der Waals surface area contributed by atoms with Gasteiger partial charge >= 0.3 is 0 Å². The summed E-state index contributed by atoms with van der Waals surface area (Å²) in [5, 5.41) is 5.45. The zero-order valence-electron chi connectivity index (χ0n) is 9.09. The number of benzene rings is 1. The van der Waals surface area contributed by atoms with E-state index in [2.05, 4.69) is 22.4 Å². The Kier molecular flexibility index (Phi) is 2.62. The van der Waals surface area contributed by atoms with E-state index in [1.807, 2.05) is 12.1 Å². The molecule has 3 rings (SSSR count). The molecule has 2 aromatic rings. The molecule has 84 valence electrons. The number of fused-ring (bicyclic) bond motifs is 1. The molecule has 1 aromatic carbocycles. The van der Waals surface area contributed by atoms with E-state index in [9.17, 15) is 0 Å². The largest absolute Gasteiger partial charge is 0.358 e. The van der Waals surface area contributed by atoms with Gasteiger partial charge in [0.2, 0.25) is 0 Å². The Hall–Kier alpha value is -0.990. The van der Waals surface area contributed by atoms with Crippen LogP contribution in [0.1, 0.15) is 24.5 Å². The summed E-state index contributed by atoms with van der Waals surface area (Å²) >= 11 is 5.98. The number of hydrogen-bond acceptors (Lipinski definition) is 1. The molecule has 2 nitrogen and oxygen atoms in total. The first kappa shape index (κ1) is 10.2. The van der Waals surface area contributed by atoms with Gasteiger partial charge in [-0.25, -0.2) is 0 Å². The summed E-state index contributed by atoms with van der Waals surface area (Å²) in [7, 11) is 0. The molecule has 1 aliphatic heterocycles. The van der Waals surface area contributed by atoms with Gasteiger partial charge < -0.3 is 10.3 Å². The van der Waals surface area contributed by atoms with E-state index in [-0.39, 0.29) is 0 Å². The van der Waals surface area contributed by atoms with Crippen molar-refractivity contribution in [3.8, 4) is 0 Å². The highest BCUT2D eigenvalue weighted by Gasteiger charge is 2.16. The third-order valence-corrected chi connectivity index (χ3v) is 3.62. The van der Waals surface area contributed by atoms with E-state index in [4.69, 9.17) is 11.6 Å². The Morgan fingerprint density at radius 2 is 1.94 bits per heavy atom. The van der Waals surface area contributed by atoms with Gasteiger partial charge in [0.1, 0.15) is 0 Å². The lowest BCUT2D eigenvalue weighted by Gasteiger charge is -2.21. The number of halogens is 1. The molecule has 1 aromatic heterocycles. The molecule has 1 saturated heterocycles. The molecule has 0 unspecified atom stereocenters. The van der Waals surface area contributed by atoms with Gasteiger partial charge in [-0.2, -0.15) is 0 Å². The van der Waals surface area contributed by atoms with Crippen LogP contribution in [0.5, 0.6) is 0 Å². The van der Waals surface area contributed by atoms with Crippen molar-refractivity contribution in [1.29, 1.82) is 0 Å². The molecule has 2 heterocycles. The van der Waals surface area contributed by atoms with E-state index < -0.39 is 0 Å². The molecule has 0 aliphatic carbocycles. The van der Waals surface area contributed by atoms with Gasteiger partial charge in [-0.1, -0.05) is 17.7 Å². The fourth-order valence-corrected chi connectivity index (χ4v) is 2.65. The minimum absolute atomic E-state index is 0.674. The molecule has 0 spiro atoms. The van der Waals surface area contributed by atoms with Gasteiger partial charge in [0.05, 0.1) is 0 Å². The van der Waals surface area contributed by atoms with Crippen LogP contribution in [-0.4, -0.2) is 18.1 Å². The number of rotatable bonds is 1. The van der Waals surface area contributed by atoms with Gasteiger partial charge in [0, 0.05) is 22.2 Å². The highest BCUT2D eigenvalue weighted by atomic mass is 35.5. The number of piperidine rings is 1. The third kappa shape index (κ3) is 1.83. The maximum atomic E-state index is 5.98. The summed E-state index contributed by atoms with van der Waals surface area (Å²) in [6.07, 6.45) is 2.45.